The van der Waals surface area contributed by atoms with Crippen LogP contribution < -0.4 is 4.74 Å². The molecule has 2 fully saturated rings. The highest BCUT2D eigenvalue weighted by Gasteiger charge is 2.56. The molecular weight excluding hydrogens is 288 g/mol. The number of hydrogen-bond acceptors (Lipinski definition) is 2. The third-order valence-corrected chi connectivity index (χ3v) is 7.23. The summed E-state index contributed by atoms with van der Waals surface area (Å²) in [6.45, 7) is 2.25. The highest BCUT2D eigenvalue weighted by molar-refractivity contribution is 5.71. The van der Waals surface area contributed by atoms with E-state index in [0.717, 1.165) is 37.9 Å². The molecular formula is C20H26O3. The predicted octanol–water partition coefficient (Wildman–Crippen LogP) is 4.25. The number of hydrogen-bond donors (Lipinski definition) is 1. The van der Waals surface area contributed by atoms with Gasteiger partial charge in [0.25, 0.3) is 0 Å². The molecule has 0 aliphatic heterocycles. The number of benzene rings is 1. The Kier molecular flexibility index (Phi) is 3.44. The van der Waals surface area contributed by atoms with Gasteiger partial charge in [-0.3, -0.25) is 4.79 Å². The standard InChI is InChI=1S/C20H26O3/c1-20-10-9-15-14-6-4-13(23-2)11-12(14)3-5-16(15)17(20)7-8-18(20)19(21)22/h4,6,11,15-18H,3,5,7-10H2,1-2H3,(H,21,22)/t15-,16-,17+,18?,20+/m1/s1. The van der Waals surface area contributed by atoms with Gasteiger partial charge in [0.05, 0.1) is 13.0 Å². The number of carbonyl (C=O) groups is 1. The van der Waals surface area contributed by atoms with Crippen molar-refractivity contribution in [2.75, 3.05) is 7.11 Å². The van der Waals surface area contributed by atoms with Crippen molar-refractivity contribution in [3.8, 4) is 5.75 Å². The molecule has 0 aromatic heterocycles. The SMILES string of the molecule is COc1ccc2c(c1)CC[C@@H]1[C@@H]2CC[C@]2(C)C(C(=O)O)CC[C@@H]12. The Morgan fingerprint density at radius 2 is 2.09 bits per heavy atom. The smallest absolute Gasteiger partial charge is 0.307 e. The lowest BCUT2D eigenvalue weighted by atomic mass is 9.54. The fraction of sp³-hybridized carbons (Fsp3) is 0.650. The number of carboxylic acid groups (broad SMARTS) is 1. The fourth-order valence-corrected chi connectivity index (χ4v) is 6.09. The minimum absolute atomic E-state index is 0.0109. The Morgan fingerprint density at radius 3 is 2.83 bits per heavy atom. The molecule has 0 saturated heterocycles. The highest BCUT2D eigenvalue weighted by Crippen LogP contribution is 2.63. The second-order valence-electron chi connectivity index (χ2n) is 7.99. The van der Waals surface area contributed by atoms with Gasteiger partial charge in [0.1, 0.15) is 5.75 Å². The summed E-state index contributed by atoms with van der Waals surface area (Å²) in [5.41, 5.74) is 2.96. The summed E-state index contributed by atoms with van der Waals surface area (Å²) in [7, 11) is 1.73. The molecule has 4 rings (SSSR count). The number of aliphatic carboxylic acids is 1. The van der Waals surface area contributed by atoms with Gasteiger partial charge in [-0.2, -0.15) is 0 Å². The summed E-state index contributed by atoms with van der Waals surface area (Å²) in [6.07, 6.45) is 6.48. The number of fused-ring (bicyclic) bond motifs is 5. The van der Waals surface area contributed by atoms with E-state index in [4.69, 9.17) is 4.74 Å². The van der Waals surface area contributed by atoms with Crippen LogP contribution in [0.5, 0.6) is 5.75 Å². The lowest BCUT2D eigenvalue weighted by molar-refractivity contribution is -0.147. The van der Waals surface area contributed by atoms with Crippen LogP contribution in [-0.2, 0) is 11.2 Å². The van der Waals surface area contributed by atoms with Crippen molar-refractivity contribution in [1.82, 2.24) is 0 Å². The first-order chi connectivity index (χ1) is 11.0. The van der Waals surface area contributed by atoms with Gasteiger partial charge in [-0.1, -0.05) is 13.0 Å². The molecule has 1 N–H and O–H groups in total. The van der Waals surface area contributed by atoms with Gasteiger partial charge in [-0.15, -0.1) is 0 Å². The monoisotopic (exact) mass is 314 g/mol. The van der Waals surface area contributed by atoms with Crippen molar-refractivity contribution in [3.63, 3.8) is 0 Å². The molecule has 3 nitrogen and oxygen atoms in total. The first-order valence-corrected chi connectivity index (χ1v) is 8.94. The van der Waals surface area contributed by atoms with E-state index < -0.39 is 5.97 Å². The van der Waals surface area contributed by atoms with Crippen LogP contribution in [0.3, 0.4) is 0 Å². The third kappa shape index (κ3) is 2.12. The first kappa shape index (κ1) is 15.0. The van der Waals surface area contributed by atoms with Crippen LogP contribution in [-0.4, -0.2) is 18.2 Å². The number of rotatable bonds is 2. The van der Waals surface area contributed by atoms with E-state index in [0.29, 0.717) is 17.8 Å². The Morgan fingerprint density at radius 1 is 1.26 bits per heavy atom. The number of methoxy groups -OCH3 is 1. The minimum Gasteiger partial charge on any atom is -0.497 e. The largest absolute Gasteiger partial charge is 0.497 e. The Labute approximate surface area is 138 Å². The predicted molar refractivity (Wildman–Crippen MR) is 88.7 cm³/mol. The number of ether oxygens (including phenoxy) is 1. The molecule has 0 radical (unpaired) electrons. The van der Waals surface area contributed by atoms with Crippen molar-refractivity contribution in [2.45, 2.75) is 51.4 Å². The normalized spacial score (nSPS) is 38.3. The van der Waals surface area contributed by atoms with Crippen molar-refractivity contribution in [2.24, 2.45) is 23.2 Å². The van der Waals surface area contributed by atoms with E-state index in [1.165, 1.54) is 17.5 Å². The molecule has 0 amide bonds. The van der Waals surface area contributed by atoms with Crippen LogP contribution in [0.1, 0.15) is 56.1 Å². The Balaban J connectivity index is 1.66. The molecule has 0 bridgehead atoms. The maximum atomic E-state index is 11.7. The summed E-state index contributed by atoms with van der Waals surface area (Å²) >= 11 is 0. The lowest BCUT2D eigenvalue weighted by Gasteiger charge is -2.50. The summed E-state index contributed by atoms with van der Waals surface area (Å²) in [4.78, 5) is 11.7. The van der Waals surface area contributed by atoms with E-state index in [9.17, 15) is 9.90 Å². The first-order valence-electron chi connectivity index (χ1n) is 8.94. The van der Waals surface area contributed by atoms with Gasteiger partial charge in [-0.05, 0) is 85.0 Å². The zero-order chi connectivity index (χ0) is 16.2. The summed E-state index contributed by atoms with van der Waals surface area (Å²) in [6, 6.07) is 6.55. The van der Waals surface area contributed by atoms with E-state index in [1.54, 1.807) is 7.11 Å². The average Bonchev–Trinajstić information content (AvgIpc) is 2.91. The van der Waals surface area contributed by atoms with Gasteiger partial charge in [0.2, 0.25) is 0 Å². The molecule has 124 valence electrons. The van der Waals surface area contributed by atoms with Crippen molar-refractivity contribution in [3.05, 3.63) is 29.3 Å². The zero-order valence-electron chi connectivity index (χ0n) is 14.0. The second kappa shape index (κ2) is 5.25. The fourth-order valence-electron chi connectivity index (χ4n) is 6.09. The van der Waals surface area contributed by atoms with Gasteiger partial charge < -0.3 is 9.84 Å². The van der Waals surface area contributed by atoms with Gasteiger partial charge in [0.15, 0.2) is 0 Å². The molecule has 5 atom stereocenters. The summed E-state index contributed by atoms with van der Waals surface area (Å²) < 4.78 is 5.38. The Bertz CT molecular complexity index is 638. The molecule has 3 aliphatic rings. The topological polar surface area (TPSA) is 46.5 Å². The van der Waals surface area contributed by atoms with E-state index >= 15 is 0 Å². The molecule has 23 heavy (non-hydrogen) atoms. The van der Waals surface area contributed by atoms with Crippen LogP contribution >= 0.6 is 0 Å². The Hall–Kier alpha value is -1.51. The second-order valence-corrected chi connectivity index (χ2v) is 7.99. The molecule has 0 heterocycles. The highest BCUT2D eigenvalue weighted by atomic mass is 16.5. The molecule has 3 heteroatoms. The van der Waals surface area contributed by atoms with Gasteiger partial charge in [-0.25, -0.2) is 0 Å². The summed E-state index contributed by atoms with van der Waals surface area (Å²) in [5, 5.41) is 9.61. The summed E-state index contributed by atoms with van der Waals surface area (Å²) in [5.74, 6) is 2.11. The molecule has 0 spiro atoms. The number of carboxylic acids is 1. The van der Waals surface area contributed by atoms with Crippen LogP contribution in [0.4, 0.5) is 0 Å². The van der Waals surface area contributed by atoms with Crippen LogP contribution in [0.25, 0.3) is 0 Å². The molecule has 3 aliphatic carbocycles. The van der Waals surface area contributed by atoms with Crippen LogP contribution in [0.2, 0.25) is 0 Å². The van der Waals surface area contributed by atoms with Crippen molar-refractivity contribution in [1.29, 1.82) is 0 Å². The van der Waals surface area contributed by atoms with Crippen molar-refractivity contribution >= 4 is 5.97 Å². The quantitative estimate of drug-likeness (QED) is 0.887. The van der Waals surface area contributed by atoms with E-state index in [-0.39, 0.29) is 11.3 Å². The van der Waals surface area contributed by atoms with Crippen LogP contribution in [0, 0.1) is 23.2 Å². The molecule has 1 unspecified atom stereocenters. The van der Waals surface area contributed by atoms with Crippen LogP contribution in [0.15, 0.2) is 18.2 Å². The van der Waals surface area contributed by atoms with Gasteiger partial charge >= 0.3 is 5.97 Å². The van der Waals surface area contributed by atoms with Gasteiger partial charge in [0, 0.05) is 0 Å². The maximum absolute atomic E-state index is 11.7. The van der Waals surface area contributed by atoms with Crippen molar-refractivity contribution < 1.29 is 14.6 Å². The molecule has 2 saturated carbocycles. The average molecular weight is 314 g/mol. The lowest BCUT2D eigenvalue weighted by Crippen LogP contribution is -2.44. The zero-order valence-corrected chi connectivity index (χ0v) is 14.0. The van der Waals surface area contributed by atoms with E-state index in [2.05, 4.69) is 25.1 Å². The maximum Gasteiger partial charge on any atom is 0.307 e. The third-order valence-electron chi connectivity index (χ3n) is 7.23. The number of aryl methyl sites for hydroxylation is 1. The van der Waals surface area contributed by atoms with E-state index in [1.807, 2.05) is 0 Å². The molecule has 1 aromatic carbocycles. The molecule has 1 aromatic rings. The minimum atomic E-state index is -0.575.